The van der Waals surface area contributed by atoms with E-state index in [4.69, 9.17) is 0 Å². The highest BCUT2D eigenvalue weighted by molar-refractivity contribution is 5.93. The van der Waals surface area contributed by atoms with Gasteiger partial charge in [-0.25, -0.2) is 9.18 Å². The van der Waals surface area contributed by atoms with Gasteiger partial charge in [-0.3, -0.25) is 14.9 Å². The Labute approximate surface area is 133 Å². The highest BCUT2D eigenvalue weighted by atomic mass is 19.1. The predicted molar refractivity (Wildman–Crippen MR) is 81.4 cm³/mol. The molecular formula is C15H21FN3O4+. The molecule has 0 radical (unpaired) electrons. The van der Waals surface area contributed by atoms with E-state index < -0.39 is 12.0 Å². The lowest BCUT2D eigenvalue weighted by molar-refractivity contribution is -0.881. The van der Waals surface area contributed by atoms with Crippen molar-refractivity contribution < 1.29 is 28.4 Å². The molecule has 0 aliphatic heterocycles. The zero-order valence-corrected chi connectivity index (χ0v) is 13.1. The number of alkyl carbamates (subject to hydrolysis) is 1. The van der Waals surface area contributed by atoms with Gasteiger partial charge in [0.25, 0.3) is 11.8 Å². The summed E-state index contributed by atoms with van der Waals surface area (Å²) in [6.45, 7) is 4.15. The number of likely N-dealkylation sites (N-methyl/N-ethyl adjacent to an activating group) is 1. The molecule has 0 aromatic heterocycles. The fourth-order valence-corrected chi connectivity index (χ4v) is 1.83. The molecule has 3 amide bonds. The van der Waals surface area contributed by atoms with Crippen LogP contribution in [0.1, 0.15) is 13.8 Å². The number of ether oxygens (including phenoxy) is 1. The molecule has 1 unspecified atom stereocenters. The fourth-order valence-electron chi connectivity index (χ4n) is 1.83. The third-order valence-electron chi connectivity index (χ3n) is 2.97. The number of anilines is 1. The van der Waals surface area contributed by atoms with Crippen LogP contribution in [0.4, 0.5) is 14.9 Å². The van der Waals surface area contributed by atoms with E-state index in [9.17, 15) is 18.8 Å². The summed E-state index contributed by atoms with van der Waals surface area (Å²) >= 11 is 0. The van der Waals surface area contributed by atoms with Gasteiger partial charge in [-0.15, -0.1) is 0 Å². The van der Waals surface area contributed by atoms with Gasteiger partial charge in [-0.1, -0.05) is 0 Å². The van der Waals surface area contributed by atoms with Crippen LogP contribution in [-0.2, 0) is 14.3 Å². The van der Waals surface area contributed by atoms with Gasteiger partial charge >= 0.3 is 6.09 Å². The van der Waals surface area contributed by atoms with E-state index in [1.54, 1.807) is 6.92 Å². The molecule has 8 heteroatoms. The van der Waals surface area contributed by atoms with Gasteiger partial charge in [-0.05, 0) is 38.1 Å². The van der Waals surface area contributed by atoms with Gasteiger partial charge in [-0.2, -0.15) is 0 Å². The molecule has 1 aromatic rings. The van der Waals surface area contributed by atoms with Crippen LogP contribution in [0.15, 0.2) is 24.3 Å². The summed E-state index contributed by atoms with van der Waals surface area (Å²) in [6.07, 6.45) is -0.802. The number of hydrogen-bond donors (Lipinski definition) is 3. The number of imide groups is 1. The molecule has 0 bridgehead atoms. The SMILES string of the molecule is CCOC(=O)NC(=O)C[NH+](CC)CC(=O)Nc1ccc(F)cc1. The molecule has 0 saturated heterocycles. The number of nitrogens with one attached hydrogen (secondary N) is 3. The van der Waals surface area contributed by atoms with Crippen molar-refractivity contribution in [1.82, 2.24) is 5.32 Å². The van der Waals surface area contributed by atoms with Gasteiger partial charge in [0.2, 0.25) is 0 Å². The average molecular weight is 326 g/mol. The minimum Gasteiger partial charge on any atom is -0.450 e. The van der Waals surface area contributed by atoms with Crippen molar-refractivity contribution >= 4 is 23.6 Å². The minimum absolute atomic E-state index is 0.0356. The van der Waals surface area contributed by atoms with Crippen molar-refractivity contribution in [2.45, 2.75) is 13.8 Å². The van der Waals surface area contributed by atoms with Crippen LogP contribution in [0, 0.1) is 5.82 Å². The summed E-state index contributed by atoms with van der Waals surface area (Å²) in [6, 6.07) is 5.39. The summed E-state index contributed by atoms with van der Waals surface area (Å²) in [5.74, 6) is -1.22. The molecule has 0 heterocycles. The first-order valence-corrected chi connectivity index (χ1v) is 7.30. The molecule has 1 atom stereocenters. The third-order valence-corrected chi connectivity index (χ3v) is 2.97. The largest absolute Gasteiger partial charge is 0.450 e. The lowest BCUT2D eigenvalue weighted by atomic mass is 10.3. The molecule has 0 spiro atoms. The number of hydrogen-bond acceptors (Lipinski definition) is 4. The summed E-state index contributed by atoms with van der Waals surface area (Å²) in [7, 11) is 0. The Bertz CT molecular complexity index is 548. The average Bonchev–Trinajstić information content (AvgIpc) is 2.49. The molecule has 23 heavy (non-hydrogen) atoms. The highest BCUT2D eigenvalue weighted by Gasteiger charge is 2.18. The molecule has 0 fully saturated rings. The van der Waals surface area contributed by atoms with E-state index in [1.807, 2.05) is 6.92 Å². The minimum atomic E-state index is -0.802. The van der Waals surface area contributed by atoms with Crippen LogP contribution < -0.4 is 15.5 Å². The Hall–Kier alpha value is -2.48. The van der Waals surface area contributed by atoms with Gasteiger partial charge < -0.3 is 15.0 Å². The zero-order chi connectivity index (χ0) is 17.2. The standard InChI is InChI=1S/C15H20FN3O4/c1-3-19(10-14(21)18-15(22)23-4-2)9-13(20)17-12-7-5-11(16)6-8-12/h5-8H,3-4,9-10H2,1-2H3,(H,17,20)(H,18,21,22)/p+1. The third kappa shape index (κ3) is 7.37. The van der Waals surface area contributed by atoms with Crippen molar-refractivity contribution in [2.24, 2.45) is 0 Å². The molecule has 3 N–H and O–H groups in total. The second-order valence-electron chi connectivity index (χ2n) is 4.78. The Kier molecular flexibility index (Phi) is 7.69. The van der Waals surface area contributed by atoms with Gasteiger partial charge in [0.1, 0.15) is 5.82 Å². The summed E-state index contributed by atoms with van der Waals surface area (Å²) in [5, 5.41) is 4.70. The predicted octanol–water partition coefficient (Wildman–Crippen LogP) is -0.0583. The number of amides is 3. The lowest BCUT2D eigenvalue weighted by Crippen LogP contribution is -3.14. The van der Waals surface area contributed by atoms with E-state index in [2.05, 4.69) is 15.4 Å². The van der Waals surface area contributed by atoms with Crippen LogP contribution in [0.25, 0.3) is 0 Å². The van der Waals surface area contributed by atoms with Gasteiger partial charge in [0.05, 0.1) is 13.2 Å². The number of carbonyl (C=O) groups excluding carboxylic acids is 3. The molecule has 0 aliphatic carbocycles. The summed E-state index contributed by atoms with van der Waals surface area (Å²) < 4.78 is 17.4. The monoisotopic (exact) mass is 326 g/mol. The topological polar surface area (TPSA) is 88.9 Å². The normalized spacial score (nSPS) is 11.4. The van der Waals surface area contributed by atoms with Crippen LogP contribution in [-0.4, -0.2) is 44.1 Å². The Morgan fingerprint density at radius 2 is 1.70 bits per heavy atom. The van der Waals surface area contributed by atoms with Crippen LogP contribution in [0.2, 0.25) is 0 Å². The van der Waals surface area contributed by atoms with Crippen LogP contribution in [0.3, 0.4) is 0 Å². The number of halogens is 1. The van der Waals surface area contributed by atoms with E-state index >= 15 is 0 Å². The molecule has 0 saturated carbocycles. The fraction of sp³-hybridized carbons (Fsp3) is 0.400. The maximum Gasteiger partial charge on any atom is 0.414 e. The molecular weight excluding hydrogens is 305 g/mol. The molecule has 7 nitrogen and oxygen atoms in total. The maximum absolute atomic E-state index is 12.8. The Morgan fingerprint density at radius 1 is 1.09 bits per heavy atom. The smallest absolute Gasteiger partial charge is 0.414 e. The van der Waals surface area contributed by atoms with Gasteiger partial charge in [0, 0.05) is 5.69 Å². The first-order chi connectivity index (χ1) is 10.9. The number of rotatable bonds is 7. The van der Waals surface area contributed by atoms with E-state index in [1.165, 1.54) is 24.3 Å². The number of benzene rings is 1. The van der Waals surface area contributed by atoms with Crippen molar-refractivity contribution in [3.8, 4) is 0 Å². The zero-order valence-electron chi connectivity index (χ0n) is 13.1. The lowest BCUT2D eigenvalue weighted by Gasteiger charge is -2.16. The Balaban J connectivity index is 2.45. The van der Waals surface area contributed by atoms with E-state index in [-0.39, 0.29) is 31.4 Å². The quantitative estimate of drug-likeness (QED) is 0.655. The molecule has 0 aliphatic rings. The van der Waals surface area contributed by atoms with Gasteiger partial charge in [0.15, 0.2) is 13.1 Å². The van der Waals surface area contributed by atoms with Crippen LogP contribution >= 0.6 is 0 Å². The Morgan fingerprint density at radius 3 is 2.26 bits per heavy atom. The number of quaternary nitrogens is 1. The first kappa shape index (κ1) is 18.6. The second kappa shape index (κ2) is 9.52. The first-order valence-electron chi connectivity index (χ1n) is 7.30. The second-order valence-corrected chi connectivity index (χ2v) is 4.78. The van der Waals surface area contributed by atoms with Crippen molar-refractivity contribution in [1.29, 1.82) is 0 Å². The molecule has 126 valence electrons. The van der Waals surface area contributed by atoms with Crippen molar-refractivity contribution in [2.75, 3.05) is 31.6 Å². The van der Waals surface area contributed by atoms with E-state index in [0.717, 1.165) is 0 Å². The van der Waals surface area contributed by atoms with Crippen molar-refractivity contribution in [3.63, 3.8) is 0 Å². The highest BCUT2D eigenvalue weighted by Crippen LogP contribution is 2.07. The summed E-state index contributed by atoms with van der Waals surface area (Å²) in [4.78, 5) is 35.4. The van der Waals surface area contributed by atoms with Crippen molar-refractivity contribution in [3.05, 3.63) is 30.1 Å². The molecule has 1 aromatic carbocycles. The summed E-state index contributed by atoms with van der Waals surface area (Å²) in [5.41, 5.74) is 0.475. The maximum atomic E-state index is 12.8. The van der Waals surface area contributed by atoms with E-state index in [0.29, 0.717) is 17.1 Å². The number of carbonyl (C=O) groups is 3. The van der Waals surface area contributed by atoms with Crippen LogP contribution in [0.5, 0.6) is 0 Å². The molecule has 1 rings (SSSR count).